The number of hydrogen-bond donors (Lipinski definition) is 0. The minimum atomic E-state index is 0.982. The summed E-state index contributed by atoms with van der Waals surface area (Å²) in [5.74, 6) is 0. The van der Waals surface area contributed by atoms with E-state index in [4.69, 9.17) is 0 Å². The molecule has 0 aliphatic rings. The van der Waals surface area contributed by atoms with Crippen LogP contribution in [0.5, 0.6) is 0 Å². The van der Waals surface area contributed by atoms with E-state index in [0.717, 1.165) is 13.1 Å². The van der Waals surface area contributed by atoms with Crippen LogP contribution in [0.4, 0.5) is 0 Å². The van der Waals surface area contributed by atoms with Crippen LogP contribution in [0.1, 0.15) is 26.7 Å². The molecule has 1 aromatic rings. The fraction of sp³-hybridized carbons (Fsp3) is 0.667. The Hall–Kier alpha value is -0.970. The van der Waals surface area contributed by atoms with Crippen molar-refractivity contribution in [2.45, 2.75) is 39.8 Å². The first-order chi connectivity index (χ1) is 5.36. The van der Waals surface area contributed by atoms with Crippen molar-refractivity contribution in [2.75, 3.05) is 0 Å². The van der Waals surface area contributed by atoms with Crippen molar-refractivity contribution in [1.82, 2.24) is 4.57 Å². The van der Waals surface area contributed by atoms with Crippen LogP contribution in [0, 0.1) is 12.4 Å². The zero-order valence-electron chi connectivity index (χ0n) is 7.30. The lowest BCUT2D eigenvalue weighted by atomic mass is 10.3. The molecule has 0 radical (unpaired) electrons. The second-order valence-corrected chi connectivity index (χ2v) is 2.67. The van der Waals surface area contributed by atoms with Crippen LogP contribution in [0.25, 0.3) is 0 Å². The first kappa shape index (κ1) is 8.13. The number of nitrogens with zero attached hydrogens (tertiary/aromatic N) is 2. The van der Waals surface area contributed by atoms with E-state index >= 15 is 0 Å². The van der Waals surface area contributed by atoms with Crippen LogP contribution in [0.15, 0.2) is 6.33 Å². The summed E-state index contributed by atoms with van der Waals surface area (Å²) in [5, 5.41) is 0. The number of aryl methyl sites for hydroxylation is 2. The molecule has 0 saturated carbocycles. The van der Waals surface area contributed by atoms with Crippen LogP contribution in [-0.2, 0) is 13.1 Å². The van der Waals surface area contributed by atoms with Gasteiger partial charge < -0.3 is 0 Å². The minimum Gasteiger partial charge on any atom is -0.185 e. The summed E-state index contributed by atoms with van der Waals surface area (Å²) in [5.41, 5.74) is 0. The predicted molar refractivity (Wildman–Crippen MR) is 42.9 cm³/mol. The van der Waals surface area contributed by atoms with Crippen LogP contribution >= 0.6 is 0 Å². The van der Waals surface area contributed by atoms with E-state index < -0.39 is 0 Å². The Labute approximate surface area is 68.5 Å². The van der Waals surface area contributed by atoms with Crippen LogP contribution in [-0.4, -0.2) is 4.57 Å². The molecule has 0 saturated heterocycles. The number of unbranched alkanes of at least 4 members (excludes halogenated alkanes) is 1. The van der Waals surface area contributed by atoms with Gasteiger partial charge in [-0.15, -0.1) is 0 Å². The van der Waals surface area contributed by atoms with Crippen molar-refractivity contribution in [3.05, 3.63) is 18.7 Å². The Balaban J connectivity index is 2.44. The summed E-state index contributed by atoms with van der Waals surface area (Å²) in [6.45, 7) is 6.35. The second-order valence-electron chi connectivity index (χ2n) is 2.67. The van der Waals surface area contributed by atoms with Crippen LogP contribution in [0.3, 0.4) is 0 Å². The maximum absolute atomic E-state index is 3.05. The molecule has 0 amide bonds. The van der Waals surface area contributed by atoms with Crippen molar-refractivity contribution in [3.63, 3.8) is 0 Å². The first-order valence-electron chi connectivity index (χ1n) is 4.26. The summed E-state index contributed by atoms with van der Waals surface area (Å²) in [4.78, 5) is 0. The standard InChI is InChI=1S/C9H15N2/c1-3-5-6-11-8-7-10(4-2)9-11/h9H,3-6H2,1-2H3/q+1. The largest absolute Gasteiger partial charge is 0.261 e. The Morgan fingerprint density at radius 3 is 2.82 bits per heavy atom. The molecule has 2 heteroatoms. The van der Waals surface area contributed by atoms with Gasteiger partial charge in [-0.05, 0) is 13.3 Å². The number of hydrogen-bond acceptors (Lipinski definition) is 0. The van der Waals surface area contributed by atoms with Crippen molar-refractivity contribution >= 4 is 0 Å². The van der Waals surface area contributed by atoms with Gasteiger partial charge >= 0.3 is 0 Å². The molecule has 0 aliphatic heterocycles. The van der Waals surface area contributed by atoms with Gasteiger partial charge in [0.1, 0.15) is 0 Å². The lowest BCUT2D eigenvalue weighted by molar-refractivity contribution is -0.698. The summed E-state index contributed by atoms with van der Waals surface area (Å²) in [6.07, 6.45) is 10.6. The van der Waals surface area contributed by atoms with E-state index in [0.29, 0.717) is 0 Å². The highest BCUT2D eigenvalue weighted by atomic mass is 15.1. The van der Waals surface area contributed by atoms with E-state index in [2.05, 4.69) is 37.1 Å². The molecule has 11 heavy (non-hydrogen) atoms. The van der Waals surface area contributed by atoms with Crippen molar-refractivity contribution in [3.8, 4) is 0 Å². The van der Waals surface area contributed by atoms with E-state index in [9.17, 15) is 0 Å². The molecular weight excluding hydrogens is 136 g/mol. The molecule has 0 atom stereocenters. The van der Waals surface area contributed by atoms with Crippen molar-refractivity contribution in [1.29, 1.82) is 0 Å². The Morgan fingerprint density at radius 1 is 1.45 bits per heavy atom. The van der Waals surface area contributed by atoms with E-state index in [1.54, 1.807) is 0 Å². The Morgan fingerprint density at radius 2 is 2.27 bits per heavy atom. The zero-order valence-corrected chi connectivity index (χ0v) is 7.30. The second kappa shape index (κ2) is 4.02. The fourth-order valence-corrected chi connectivity index (χ4v) is 0.957. The highest BCUT2D eigenvalue weighted by Gasteiger charge is 1.97. The average Bonchev–Trinajstić information content (AvgIpc) is 2.48. The van der Waals surface area contributed by atoms with Crippen LogP contribution < -0.4 is 4.57 Å². The van der Waals surface area contributed by atoms with Crippen LogP contribution in [0.2, 0.25) is 0 Å². The minimum absolute atomic E-state index is 0.982. The predicted octanol–water partition coefficient (Wildman–Crippen LogP) is 1.20. The SMILES string of the molecule is CCCC[n+]1c#cn(CC)c1. The molecule has 0 unspecified atom stereocenters. The van der Waals surface area contributed by atoms with Crippen molar-refractivity contribution in [2.24, 2.45) is 0 Å². The lowest BCUT2D eigenvalue weighted by Gasteiger charge is -1.89. The van der Waals surface area contributed by atoms with Gasteiger partial charge in [-0.2, -0.15) is 9.13 Å². The fourth-order valence-electron chi connectivity index (χ4n) is 0.957. The van der Waals surface area contributed by atoms with Gasteiger partial charge in [0.15, 0.2) is 12.4 Å². The quantitative estimate of drug-likeness (QED) is 0.572. The lowest BCUT2D eigenvalue weighted by Crippen LogP contribution is -2.30. The molecular formula is C9H15N2+. The molecule has 0 aliphatic carbocycles. The van der Waals surface area contributed by atoms with Gasteiger partial charge in [-0.3, -0.25) is 0 Å². The maximum atomic E-state index is 3.05. The molecule has 1 aromatic heterocycles. The molecule has 0 aromatic carbocycles. The van der Waals surface area contributed by atoms with Crippen molar-refractivity contribution < 1.29 is 4.57 Å². The molecule has 0 N–H and O–H groups in total. The summed E-state index contributed by atoms with van der Waals surface area (Å²) < 4.78 is 4.07. The third-order valence-electron chi connectivity index (χ3n) is 1.71. The third-order valence-corrected chi connectivity index (χ3v) is 1.71. The topological polar surface area (TPSA) is 8.81 Å². The number of rotatable bonds is 4. The van der Waals surface area contributed by atoms with E-state index in [1.807, 2.05) is 4.57 Å². The third kappa shape index (κ3) is 2.27. The van der Waals surface area contributed by atoms with E-state index in [1.165, 1.54) is 12.8 Å². The number of aromatic nitrogens is 2. The normalized spacial score (nSPS) is 9.64. The van der Waals surface area contributed by atoms with E-state index in [-0.39, 0.29) is 0 Å². The molecule has 0 bridgehead atoms. The van der Waals surface area contributed by atoms with Gasteiger partial charge in [0.25, 0.3) is 6.33 Å². The molecule has 0 spiro atoms. The smallest absolute Gasteiger partial charge is 0.185 e. The molecule has 60 valence electrons. The van der Waals surface area contributed by atoms with Gasteiger partial charge in [0.2, 0.25) is 0 Å². The summed E-state index contributed by atoms with van der Waals surface area (Å²) >= 11 is 0. The molecule has 1 heterocycles. The maximum Gasteiger partial charge on any atom is 0.261 e. The van der Waals surface area contributed by atoms with Gasteiger partial charge in [0.05, 0.1) is 13.1 Å². The molecule has 0 fully saturated rings. The van der Waals surface area contributed by atoms with Gasteiger partial charge in [-0.1, -0.05) is 13.3 Å². The summed E-state index contributed by atoms with van der Waals surface area (Å²) in [6, 6.07) is 0. The highest BCUT2D eigenvalue weighted by molar-refractivity contribution is 4.49. The van der Waals surface area contributed by atoms with Gasteiger partial charge in [0, 0.05) is 0 Å². The molecule has 1 rings (SSSR count). The summed E-state index contributed by atoms with van der Waals surface area (Å²) in [7, 11) is 0. The Kier molecular flexibility index (Phi) is 2.97. The zero-order chi connectivity index (χ0) is 8.10. The Bertz CT molecular complexity index is 203. The highest BCUT2D eigenvalue weighted by Crippen LogP contribution is 1.84. The van der Waals surface area contributed by atoms with Gasteiger partial charge in [-0.25, -0.2) is 0 Å². The molecule has 2 nitrogen and oxygen atoms in total. The average molecular weight is 151 g/mol. The first-order valence-corrected chi connectivity index (χ1v) is 4.26. The monoisotopic (exact) mass is 151 g/mol.